The van der Waals surface area contributed by atoms with E-state index in [1.807, 2.05) is 29.7 Å². The first-order valence-corrected chi connectivity index (χ1v) is 5.97. The van der Waals surface area contributed by atoms with Crippen LogP contribution in [0.15, 0.2) is 45.1 Å². The molecule has 1 N–H and O–H groups in total. The number of halogens is 1. The highest BCUT2D eigenvalue weighted by molar-refractivity contribution is 9.10. The Morgan fingerprint density at radius 3 is 2.57 bits per heavy atom. The Bertz CT molecular complexity index is 328. The molecule has 3 heteroatoms. The highest BCUT2D eigenvalue weighted by Crippen LogP contribution is 2.28. The summed E-state index contributed by atoms with van der Waals surface area (Å²) < 4.78 is 1.07. The van der Waals surface area contributed by atoms with Crippen molar-refractivity contribution in [1.82, 2.24) is 0 Å². The van der Waals surface area contributed by atoms with Gasteiger partial charge in [0, 0.05) is 9.37 Å². The summed E-state index contributed by atoms with van der Waals surface area (Å²) in [4.78, 5) is 1.15. The van der Waals surface area contributed by atoms with Gasteiger partial charge in [0.2, 0.25) is 0 Å². The smallest absolute Gasteiger partial charge is 0.0779 e. The van der Waals surface area contributed by atoms with E-state index in [-0.39, 0.29) is 0 Å². The number of aliphatic hydroxyl groups is 1. The Balaban J connectivity index is 2.63. The first kappa shape index (κ1) is 11.8. The van der Waals surface area contributed by atoms with Crippen LogP contribution in [0.3, 0.4) is 0 Å². The van der Waals surface area contributed by atoms with Crippen LogP contribution in [0.2, 0.25) is 0 Å². The van der Waals surface area contributed by atoms with E-state index >= 15 is 0 Å². The Morgan fingerprint density at radius 2 is 2.00 bits per heavy atom. The first-order chi connectivity index (χ1) is 6.49. The Labute approximate surface area is 97.4 Å². The number of rotatable bonds is 3. The second kappa shape index (κ2) is 5.01. The molecule has 1 aromatic rings. The fourth-order valence-corrected chi connectivity index (χ4v) is 2.26. The molecule has 0 spiro atoms. The number of thioether (sulfide) groups is 1. The average molecular weight is 273 g/mol. The zero-order valence-electron chi connectivity index (χ0n) is 8.20. The molecule has 0 amide bonds. The maximum absolute atomic E-state index is 9.45. The summed E-state index contributed by atoms with van der Waals surface area (Å²) in [5.41, 5.74) is -0.742. The van der Waals surface area contributed by atoms with Gasteiger partial charge in [-0.2, -0.15) is 0 Å². The van der Waals surface area contributed by atoms with Gasteiger partial charge in [0.25, 0.3) is 0 Å². The van der Waals surface area contributed by atoms with E-state index in [1.54, 1.807) is 31.7 Å². The van der Waals surface area contributed by atoms with Crippen molar-refractivity contribution in [3.63, 3.8) is 0 Å². The van der Waals surface area contributed by atoms with Crippen LogP contribution in [-0.2, 0) is 0 Å². The van der Waals surface area contributed by atoms with E-state index in [0.717, 1.165) is 9.37 Å². The van der Waals surface area contributed by atoms with Crippen LogP contribution >= 0.6 is 27.7 Å². The van der Waals surface area contributed by atoms with Crippen molar-refractivity contribution in [2.75, 3.05) is 0 Å². The van der Waals surface area contributed by atoms with Crippen LogP contribution in [0.4, 0.5) is 0 Å². The topological polar surface area (TPSA) is 20.2 Å². The fraction of sp³-hybridized carbons (Fsp3) is 0.273. The van der Waals surface area contributed by atoms with Crippen LogP contribution in [0.1, 0.15) is 13.8 Å². The van der Waals surface area contributed by atoms with Gasteiger partial charge in [0.15, 0.2) is 0 Å². The zero-order chi connectivity index (χ0) is 10.6. The predicted octanol–water partition coefficient (Wildman–Crippen LogP) is 3.83. The molecule has 0 aliphatic heterocycles. The third kappa shape index (κ3) is 4.31. The van der Waals surface area contributed by atoms with Crippen molar-refractivity contribution < 1.29 is 5.11 Å². The maximum atomic E-state index is 9.45. The van der Waals surface area contributed by atoms with Crippen LogP contribution in [0.5, 0.6) is 0 Å². The van der Waals surface area contributed by atoms with E-state index in [4.69, 9.17) is 0 Å². The molecule has 1 nitrogen and oxygen atoms in total. The number of hydrogen-bond donors (Lipinski definition) is 1. The Morgan fingerprint density at radius 1 is 1.36 bits per heavy atom. The van der Waals surface area contributed by atoms with Gasteiger partial charge >= 0.3 is 0 Å². The molecule has 0 saturated heterocycles. The molecule has 0 aromatic heterocycles. The van der Waals surface area contributed by atoms with Gasteiger partial charge in [-0.3, -0.25) is 0 Å². The van der Waals surface area contributed by atoms with E-state index in [2.05, 4.69) is 15.9 Å². The van der Waals surface area contributed by atoms with Gasteiger partial charge in [-0.1, -0.05) is 23.9 Å². The molecule has 0 bridgehead atoms. The van der Waals surface area contributed by atoms with Gasteiger partial charge < -0.3 is 5.11 Å². The normalized spacial score (nSPS) is 12.3. The summed E-state index contributed by atoms with van der Waals surface area (Å²) in [6.45, 7) is 3.51. The summed E-state index contributed by atoms with van der Waals surface area (Å²) in [7, 11) is 0. The number of hydrogen-bond acceptors (Lipinski definition) is 2. The van der Waals surface area contributed by atoms with Gasteiger partial charge in [-0.25, -0.2) is 0 Å². The quantitative estimate of drug-likeness (QED) is 0.845. The van der Waals surface area contributed by atoms with E-state index in [1.165, 1.54) is 0 Å². The zero-order valence-corrected chi connectivity index (χ0v) is 10.6. The standard InChI is InChI=1S/C11H13BrOS/c1-11(2,13)7-8-14-10-6-4-3-5-9(10)12/h3-8,13H,1-2H3/b8-7+. The lowest BCUT2D eigenvalue weighted by molar-refractivity contribution is 0.133. The minimum atomic E-state index is -0.742. The van der Waals surface area contributed by atoms with Gasteiger partial charge in [0.05, 0.1) is 5.60 Å². The molecule has 0 unspecified atom stereocenters. The summed E-state index contributed by atoms with van der Waals surface area (Å²) in [5, 5.41) is 11.4. The minimum Gasteiger partial charge on any atom is -0.386 e. The third-order valence-electron chi connectivity index (χ3n) is 1.51. The van der Waals surface area contributed by atoms with Gasteiger partial charge in [-0.05, 0) is 53.4 Å². The first-order valence-electron chi connectivity index (χ1n) is 4.30. The fourth-order valence-electron chi connectivity index (χ4n) is 0.814. The molecule has 0 radical (unpaired) electrons. The van der Waals surface area contributed by atoms with Crippen molar-refractivity contribution in [3.05, 3.63) is 40.2 Å². The third-order valence-corrected chi connectivity index (χ3v) is 3.34. The van der Waals surface area contributed by atoms with Gasteiger partial charge in [-0.15, -0.1) is 0 Å². The van der Waals surface area contributed by atoms with Crippen LogP contribution in [0, 0.1) is 0 Å². The summed E-state index contributed by atoms with van der Waals surface area (Å²) in [5.74, 6) is 0. The Kier molecular flexibility index (Phi) is 4.23. The van der Waals surface area contributed by atoms with E-state index < -0.39 is 5.60 Å². The minimum absolute atomic E-state index is 0.742. The molecule has 0 saturated carbocycles. The second-order valence-electron chi connectivity index (χ2n) is 3.50. The number of benzene rings is 1. The lowest BCUT2D eigenvalue weighted by Gasteiger charge is -2.09. The Hall–Kier alpha value is -0.250. The van der Waals surface area contributed by atoms with Crippen molar-refractivity contribution in [1.29, 1.82) is 0 Å². The SMILES string of the molecule is CC(C)(O)/C=C/Sc1ccccc1Br. The monoisotopic (exact) mass is 272 g/mol. The summed E-state index contributed by atoms with van der Waals surface area (Å²) in [6, 6.07) is 8.00. The second-order valence-corrected chi connectivity index (χ2v) is 5.31. The van der Waals surface area contributed by atoms with Crippen molar-refractivity contribution in [2.45, 2.75) is 24.3 Å². The molecule has 14 heavy (non-hydrogen) atoms. The molecule has 0 aliphatic rings. The van der Waals surface area contributed by atoms with Gasteiger partial charge in [0.1, 0.15) is 0 Å². The molecule has 1 rings (SSSR count). The molecule has 0 fully saturated rings. The van der Waals surface area contributed by atoms with Crippen LogP contribution in [-0.4, -0.2) is 10.7 Å². The maximum Gasteiger partial charge on any atom is 0.0779 e. The average Bonchev–Trinajstić information content (AvgIpc) is 2.06. The lowest BCUT2D eigenvalue weighted by atomic mass is 10.1. The molecule has 0 atom stereocenters. The molecule has 1 aromatic carbocycles. The molecule has 0 aliphatic carbocycles. The highest BCUT2D eigenvalue weighted by Gasteiger charge is 2.05. The van der Waals surface area contributed by atoms with Crippen molar-refractivity contribution in [3.8, 4) is 0 Å². The molecule has 76 valence electrons. The van der Waals surface area contributed by atoms with E-state index in [9.17, 15) is 5.11 Å². The molecular weight excluding hydrogens is 260 g/mol. The van der Waals surface area contributed by atoms with E-state index in [0.29, 0.717) is 0 Å². The summed E-state index contributed by atoms with van der Waals surface area (Å²) in [6.07, 6.45) is 1.77. The van der Waals surface area contributed by atoms with Crippen LogP contribution < -0.4 is 0 Å². The molecule has 0 heterocycles. The van der Waals surface area contributed by atoms with Crippen LogP contribution in [0.25, 0.3) is 0 Å². The molecular formula is C11H13BrOS. The lowest BCUT2D eigenvalue weighted by Crippen LogP contribution is -2.13. The highest BCUT2D eigenvalue weighted by atomic mass is 79.9. The van der Waals surface area contributed by atoms with Crippen molar-refractivity contribution in [2.24, 2.45) is 0 Å². The van der Waals surface area contributed by atoms with Crippen molar-refractivity contribution >= 4 is 27.7 Å². The summed E-state index contributed by atoms with van der Waals surface area (Å²) >= 11 is 5.05. The largest absolute Gasteiger partial charge is 0.386 e. The predicted molar refractivity (Wildman–Crippen MR) is 65.4 cm³/mol.